The van der Waals surface area contributed by atoms with Crippen LogP contribution < -0.4 is 10.2 Å². The first-order chi connectivity index (χ1) is 14.4. The number of carbonyl (C=O) groups is 1. The molecule has 0 bridgehead atoms. The highest BCUT2D eigenvalue weighted by Crippen LogP contribution is 2.31. The summed E-state index contributed by atoms with van der Waals surface area (Å²) in [7, 11) is 0. The molecule has 2 aromatic rings. The largest absolute Gasteiger partial charge is 0.444 e. The van der Waals surface area contributed by atoms with Gasteiger partial charge in [0.25, 0.3) is 0 Å². The van der Waals surface area contributed by atoms with Crippen LogP contribution in [0.4, 0.5) is 35.4 Å². The summed E-state index contributed by atoms with van der Waals surface area (Å²) in [5.74, 6) is 0.0176. The smallest absolute Gasteiger partial charge is 0.433 e. The normalized spacial score (nSPS) is 15.1. The third-order valence-electron chi connectivity index (χ3n) is 4.54. The van der Waals surface area contributed by atoms with Gasteiger partial charge in [-0.1, -0.05) is 17.7 Å². The third-order valence-corrected chi connectivity index (χ3v) is 4.54. The Bertz CT molecular complexity index is 918. The third kappa shape index (κ3) is 6.22. The van der Waals surface area contributed by atoms with Gasteiger partial charge in [-0.05, 0) is 39.8 Å². The van der Waals surface area contributed by atoms with Crippen LogP contribution >= 0.6 is 0 Å². The molecule has 0 aliphatic carbocycles. The van der Waals surface area contributed by atoms with Crippen LogP contribution in [-0.2, 0) is 10.9 Å². The highest BCUT2D eigenvalue weighted by atomic mass is 19.4. The summed E-state index contributed by atoms with van der Waals surface area (Å²) in [6.45, 7) is 8.45. The molecule has 1 aromatic heterocycles. The van der Waals surface area contributed by atoms with Gasteiger partial charge in [0.2, 0.25) is 5.95 Å². The summed E-state index contributed by atoms with van der Waals surface area (Å²) in [5, 5.41) is 2.91. The molecule has 0 radical (unpaired) electrons. The van der Waals surface area contributed by atoms with Crippen molar-refractivity contribution in [1.82, 2.24) is 14.9 Å². The van der Waals surface area contributed by atoms with E-state index in [9.17, 15) is 18.0 Å². The van der Waals surface area contributed by atoms with E-state index in [1.807, 2.05) is 19.1 Å². The predicted octanol–water partition coefficient (Wildman–Crippen LogP) is 4.60. The number of aromatic nitrogens is 2. The average Bonchev–Trinajstić information content (AvgIpc) is 2.68. The van der Waals surface area contributed by atoms with Crippen molar-refractivity contribution in [2.45, 2.75) is 39.5 Å². The Morgan fingerprint density at radius 2 is 1.65 bits per heavy atom. The Morgan fingerprint density at radius 1 is 1.03 bits per heavy atom. The van der Waals surface area contributed by atoms with Gasteiger partial charge in [-0.2, -0.15) is 18.2 Å². The fourth-order valence-corrected chi connectivity index (χ4v) is 2.99. The molecule has 168 valence electrons. The highest BCUT2D eigenvalue weighted by Gasteiger charge is 2.35. The summed E-state index contributed by atoms with van der Waals surface area (Å²) >= 11 is 0. The van der Waals surface area contributed by atoms with Crippen molar-refractivity contribution in [3.05, 3.63) is 41.6 Å². The molecule has 3 rings (SSSR count). The van der Waals surface area contributed by atoms with Crippen LogP contribution in [0.3, 0.4) is 0 Å². The van der Waals surface area contributed by atoms with Gasteiger partial charge in [0.1, 0.15) is 11.4 Å². The van der Waals surface area contributed by atoms with Crippen LogP contribution in [0.5, 0.6) is 0 Å². The summed E-state index contributed by atoms with van der Waals surface area (Å²) in [5.41, 5.74) is 0.0159. The minimum atomic E-state index is -4.61. The monoisotopic (exact) mass is 437 g/mol. The van der Waals surface area contributed by atoms with Gasteiger partial charge >= 0.3 is 12.3 Å². The number of ether oxygens (including phenoxy) is 1. The lowest BCUT2D eigenvalue weighted by atomic mass is 10.2. The SMILES string of the molecule is Cc1ccc(Nc2cc(C(F)(F)F)nc(N3CCN(C(=O)OC(C)(C)C)CC3)n2)cc1. The number of alkyl halides is 3. The minimum absolute atomic E-state index is 0.0340. The number of benzene rings is 1. The predicted molar refractivity (Wildman–Crippen MR) is 112 cm³/mol. The molecule has 1 aliphatic heterocycles. The molecule has 1 aromatic carbocycles. The van der Waals surface area contributed by atoms with E-state index in [-0.39, 0.29) is 11.8 Å². The van der Waals surface area contributed by atoms with Gasteiger partial charge in [0, 0.05) is 37.9 Å². The Balaban J connectivity index is 1.77. The second-order valence-electron chi connectivity index (χ2n) is 8.38. The van der Waals surface area contributed by atoms with Crippen LogP contribution in [0.15, 0.2) is 30.3 Å². The Hall–Kier alpha value is -3.04. The van der Waals surface area contributed by atoms with Crippen LogP contribution in [0.25, 0.3) is 0 Å². The molecular formula is C21H26F3N5O2. The number of halogens is 3. The Morgan fingerprint density at radius 3 is 2.19 bits per heavy atom. The summed E-state index contributed by atoms with van der Waals surface area (Å²) in [6.07, 6.45) is -5.06. The van der Waals surface area contributed by atoms with E-state index >= 15 is 0 Å². The molecule has 0 saturated carbocycles. The lowest BCUT2D eigenvalue weighted by Gasteiger charge is -2.35. The van der Waals surface area contributed by atoms with E-state index in [2.05, 4.69) is 15.3 Å². The maximum atomic E-state index is 13.4. The van der Waals surface area contributed by atoms with Crippen LogP contribution in [0, 0.1) is 6.92 Å². The molecular weight excluding hydrogens is 411 g/mol. The molecule has 1 amide bonds. The standard InChI is InChI=1S/C21H26F3N5O2/c1-14-5-7-15(8-6-14)25-17-13-16(21(22,23)24)26-18(27-17)28-9-11-29(12-10-28)19(30)31-20(2,3)4/h5-8,13H,9-12H2,1-4H3,(H,25,26,27). The lowest BCUT2D eigenvalue weighted by Crippen LogP contribution is -2.50. The maximum Gasteiger partial charge on any atom is 0.433 e. The van der Waals surface area contributed by atoms with Gasteiger partial charge in [-0.25, -0.2) is 9.78 Å². The van der Waals surface area contributed by atoms with Gasteiger partial charge in [0.05, 0.1) is 0 Å². The van der Waals surface area contributed by atoms with E-state index in [0.29, 0.717) is 31.9 Å². The summed E-state index contributed by atoms with van der Waals surface area (Å²) in [6, 6.07) is 8.13. The minimum Gasteiger partial charge on any atom is -0.444 e. The summed E-state index contributed by atoms with van der Waals surface area (Å²) in [4.78, 5) is 23.4. The first-order valence-corrected chi connectivity index (χ1v) is 9.93. The maximum absolute atomic E-state index is 13.4. The zero-order valence-corrected chi connectivity index (χ0v) is 18.0. The fraction of sp³-hybridized carbons (Fsp3) is 0.476. The molecule has 1 saturated heterocycles. The first kappa shape index (κ1) is 22.6. The number of piperazine rings is 1. The number of hydrogen-bond acceptors (Lipinski definition) is 6. The van der Waals surface area contributed by atoms with Crippen molar-refractivity contribution < 1.29 is 22.7 Å². The molecule has 0 atom stereocenters. The van der Waals surface area contributed by atoms with Crippen molar-refractivity contribution in [3.63, 3.8) is 0 Å². The molecule has 1 aliphatic rings. The molecule has 0 unspecified atom stereocenters. The van der Waals surface area contributed by atoms with Gasteiger partial charge in [0.15, 0.2) is 5.69 Å². The Kier molecular flexibility index (Phi) is 6.28. The van der Waals surface area contributed by atoms with Gasteiger partial charge < -0.3 is 19.9 Å². The molecule has 31 heavy (non-hydrogen) atoms. The van der Waals surface area contributed by atoms with E-state index in [1.54, 1.807) is 37.8 Å². The van der Waals surface area contributed by atoms with E-state index in [0.717, 1.165) is 11.6 Å². The van der Waals surface area contributed by atoms with Crippen molar-refractivity contribution in [3.8, 4) is 0 Å². The molecule has 1 fully saturated rings. The number of amides is 1. The number of aryl methyl sites for hydroxylation is 1. The molecule has 10 heteroatoms. The lowest BCUT2D eigenvalue weighted by molar-refractivity contribution is -0.141. The quantitative estimate of drug-likeness (QED) is 0.757. The zero-order valence-electron chi connectivity index (χ0n) is 18.0. The van der Waals surface area contributed by atoms with Crippen molar-refractivity contribution in [1.29, 1.82) is 0 Å². The van der Waals surface area contributed by atoms with E-state index in [1.165, 1.54) is 4.90 Å². The topological polar surface area (TPSA) is 70.6 Å². The molecule has 1 N–H and O–H groups in total. The van der Waals surface area contributed by atoms with Crippen molar-refractivity contribution >= 4 is 23.5 Å². The summed E-state index contributed by atoms with van der Waals surface area (Å²) < 4.78 is 45.6. The number of anilines is 3. The van der Waals surface area contributed by atoms with Gasteiger partial charge in [-0.15, -0.1) is 0 Å². The number of rotatable bonds is 3. The molecule has 0 spiro atoms. The molecule has 2 heterocycles. The van der Waals surface area contributed by atoms with Crippen molar-refractivity contribution in [2.75, 3.05) is 36.4 Å². The van der Waals surface area contributed by atoms with E-state index < -0.39 is 23.6 Å². The fourth-order valence-electron chi connectivity index (χ4n) is 2.99. The van der Waals surface area contributed by atoms with Crippen molar-refractivity contribution in [2.24, 2.45) is 0 Å². The number of nitrogens with zero attached hydrogens (tertiary/aromatic N) is 4. The van der Waals surface area contributed by atoms with Crippen LogP contribution in [0.2, 0.25) is 0 Å². The average molecular weight is 437 g/mol. The first-order valence-electron chi connectivity index (χ1n) is 9.93. The molecule has 7 nitrogen and oxygen atoms in total. The highest BCUT2D eigenvalue weighted by molar-refractivity contribution is 5.68. The van der Waals surface area contributed by atoms with Crippen LogP contribution in [0.1, 0.15) is 32.0 Å². The van der Waals surface area contributed by atoms with Gasteiger partial charge in [-0.3, -0.25) is 0 Å². The zero-order chi connectivity index (χ0) is 22.8. The Labute approximate surface area is 179 Å². The number of carbonyl (C=O) groups excluding carboxylic acids is 1. The second-order valence-corrected chi connectivity index (χ2v) is 8.38. The van der Waals surface area contributed by atoms with E-state index in [4.69, 9.17) is 4.74 Å². The number of nitrogens with one attached hydrogen (secondary N) is 1. The second kappa shape index (κ2) is 8.60. The number of hydrogen-bond donors (Lipinski definition) is 1. The van der Waals surface area contributed by atoms with Crippen LogP contribution in [-0.4, -0.2) is 52.7 Å².